The van der Waals surface area contributed by atoms with Crippen molar-refractivity contribution < 1.29 is 18.3 Å². The topological polar surface area (TPSA) is 55.1 Å². The first-order valence-electron chi connectivity index (χ1n) is 6.14. The van der Waals surface area contributed by atoms with Gasteiger partial charge in [0, 0.05) is 0 Å². The van der Waals surface area contributed by atoms with Crippen LogP contribution in [0.5, 0.6) is 5.75 Å². The quantitative estimate of drug-likeness (QED) is 0.927. The van der Waals surface area contributed by atoms with E-state index in [1.165, 1.54) is 6.92 Å². The van der Waals surface area contributed by atoms with Crippen LogP contribution >= 0.6 is 0 Å². The fraction of sp³-hybridized carbons (Fsp3) is 0.286. The summed E-state index contributed by atoms with van der Waals surface area (Å²) in [6.07, 6.45) is -4.57. The molecule has 0 spiro atoms. The molecule has 0 aliphatic heterocycles. The number of alkyl halides is 3. The number of hydrogen-bond donors (Lipinski definition) is 1. The molecule has 0 radical (unpaired) electrons. The highest BCUT2D eigenvalue weighted by Gasteiger charge is 2.30. The molecule has 2 aromatic rings. The van der Waals surface area contributed by atoms with Gasteiger partial charge in [-0.3, -0.25) is 4.79 Å². The number of aromatic nitrogens is 2. The smallest absolute Gasteiger partial charge is 0.408 e. The minimum atomic E-state index is -4.57. The van der Waals surface area contributed by atoms with Gasteiger partial charge in [0.1, 0.15) is 12.2 Å². The van der Waals surface area contributed by atoms with Gasteiger partial charge in [0.25, 0.3) is 5.56 Å². The van der Waals surface area contributed by atoms with Gasteiger partial charge in [0.05, 0.1) is 5.56 Å². The highest BCUT2D eigenvalue weighted by molar-refractivity contribution is 5.72. The lowest BCUT2D eigenvalue weighted by molar-refractivity contribution is -0.143. The Morgan fingerprint density at radius 2 is 1.86 bits per heavy atom. The van der Waals surface area contributed by atoms with E-state index in [-0.39, 0.29) is 11.3 Å². The van der Waals surface area contributed by atoms with E-state index < -0.39 is 24.0 Å². The molecule has 0 aliphatic rings. The van der Waals surface area contributed by atoms with Crippen molar-refractivity contribution in [3.8, 4) is 16.9 Å². The van der Waals surface area contributed by atoms with Crippen molar-refractivity contribution in [1.29, 1.82) is 0 Å². The van der Waals surface area contributed by atoms with E-state index in [4.69, 9.17) is 0 Å². The van der Waals surface area contributed by atoms with E-state index in [1.807, 2.05) is 0 Å². The van der Waals surface area contributed by atoms with Crippen molar-refractivity contribution in [3.05, 3.63) is 45.9 Å². The first kappa shape index (κ1) is 15.1. The number of aromatic hydroxyl groups is 1. The second-order valence-corrected chi connectivity index (χ2v) is 4.70. The number of benzene rings is 1. The first-order valence-corrected chi connectivity index (χ1v) is 6.14. The summed E-state index contributed by atoms with van der Waals surface area (Å²) in [4.78, 5) is 12.2. The zero-order chi connectivity index (χ0) is 15.8. The van der Waals surface area contributed by atoms with Crippen LogP contribution in [0, 0.1) is 13.8 Å². The third-order valence-electron chi connectivity index (χ3n) is 3.04. The van der Waals surface area contributed by atoms with Crippen molar-refractivity contribution in [2.45, 2.75) is 26.6 Å². The number of rotatable bonds is 2. The van der Waals surface area contributed by atoms with Gasteiger partial charge in [0.2, 0.25) is 0 Å². The van der Waals surface area contributed by atoms with Gasteiger partial charge in [0.15, 0.2) is 5.75 Å². The molecule has 4 nitrogen and oxygen atoms in total. The summed E-state index contributed by atoms with van der Waals surface area (Å²) in [7, 11) is 0. The van der Waals surface area contributed by atoms with Crippen LogP contribution in [0.25, 0.3) is 11.1 Å². The fourth-order valence-electron chi connectivity index (χ4n) is 2.06. The van der Waals surface area contributed by atoms with Crippen molar-refractivity contribution in [3.63, 3.8) is 0 Å². The summed E-state index contributed by atoms with van der Waals surface area (Å²) in [5.74, 6) is -0.396. The maximum atomic E-state index is 12.5. The van der Waals surface area contributed by atoms with Crippen molar-refractivity contribution >= 4 is 0 Å². The molecular formula is C14H13F3N2O2. The second-order valence-electron chi connectivity index (χ2n) is 4.70. The first-order chi connectivity index (χ1) is 9.70. The molecule has 0 bridgehead atoms. The molecule has 112 valence electrons. The van der Waals surface area contributed by atoms with Gasteiger partial charge in [-0.05, 0) is 25.0 Å². The molecule has 21 heavy (non-hydrogen) atoms. The lowest BCUT2D eigenvalue weighted by Gasteiger charge is -2.14. The average Bonchev–Trinajstić information content (AvgIpc) is 2.37. The molecule has 0 fully saturated rings. The molecule has 0 saturated heterocycles. The van der Waals surface area contributed by atoms with E-state index in [0.717, 1.165) is 0 Å². The Balaban J connectivity index is 2.72. The lowest BCUT2D eigenvalue weighted by atomic mass is 10.0. The van der Waals surface area contributed by atoms with Gasteiger partial charge >= 0.3 is 6.18 Å². The Morgan fingerprint density at radius 1 is 1.24 bits per heavy atom. The average molecular weight is 298 g/mol. The van der Waals surface area contributed by atoms with Gasteiger partial charge < -0.3 is 5.11 Å². The maximum Gasteiger partial charge on any atom is 0.408 e. The predicted octanol–water partition coefficient (Wildman–Crippen LogP) is 2.80. The summed E-state index contributed by atoms with van der Waals surface area (Å²) in [5.41, 5.74) is -0.0952. The lowest BCUT2D eigenvalue weighted by Crippen LogP contribution is -2.31. The summed E-state index contributed by atoms with van der Waals surface area (Å²) in [6, 6.07) is 6.66. The van der Waals surface area contributed by atoms with Gasteiger partial charge in [-0.15, -0.1) is 0 Å². The largest absolute Gasteiger partial charge is 0.505 e. The molecule has 0 atom stereocenters. The number of hydrogen-bond acceptors (Lipinski definition) is 3. The van der Waals surface area contributed by atoms with Crippen LogP contribution in [-0.2, 0) is 6.54 Å². The Morgan fingerprint density at radius 3 is 2.43 bits per heavy atom. The molecule has 0 amide bonds. The zero-order valence-electron chi connectivity index (χ0n) is 11.4. The Labute approximate surface area is 118 Å². The maximum absolute atomic E-state index is 12.5. The van der Waals surface area contributed by atoms with Crippen LogP contribution < -0.4 is 5.56 Å². The predicted molar refractivity (Wildman–Crippen MR) is 71.1 cm³/mol. The summed E-state index contributed by atoms with van der Waals surface area (Å²) in [5, 5.41) is 13.5. The van der Waals surface area contributed by atoms with Gasteiger partial charge in [-0.2, -0.15) is 18.3 Å². The number of aryl methyl sites for hydroxylation is 2. The summed E-state index contributed by atoms with van der Waals surface area (Å²) >= 11 is 0. The van der Waals surface area contributed by atoms with E-state index in [0.29, 0.717) is 15.8 Å². The van der Waals surface area contributed by atoms with Crippen LogP contribution in [0.2, 0.25) is 0 Å². The normalized spacial score (nSPS) is 11.7. The minimum Gasteiger partial charge on any atom is -0.505 e. The Kier molecular flexibility index (Phi) is 3.76. The minimum absolute atomic E-state index is 0.0305. The molecule has 0 unspecified atom stereocenters. The third kappa shape index (κ3) is 3.07. The Bertz CT molecular complexity index is 736. The molecule has 1 N–H and O–H groups in total. The van der Waals surface area contributed by atoms with E-state index in [2.05, 4.69) is 5.10 Å². The standard InChI is InChI=1S/C14H13F3N2O2/c1-8-5-3-4-6-10(8)11-12(20)9(2)18-19(13(11)21)7-14(15,16)17/h3-6,20H,7H2,1-2H3. The monoisotopic (exact) mass is 298 g/mol. The van der Waals surface area contributed by atoms with Crippen molar-refractivity contribution in [1.82, 2.24) is 9.78 Å². The molecule has 1 aromatic heterocycles. The zero-order valence-corrected chi connectivity index (χ0v) is 11.4. The summed E-state index contributed by atoms with van der Waals surface area (Å²) < 4.78 is 37.8. The van der Waals surface area contributed by atoms with E-state index in [9.17, 15) is 23.1 Å². The number of halogens is 3. The molecule has 2 rings (SSSR count). The molecule has 1 aromatic carbocycles. The Hall–Kier alpha value is -2.31. The number of nitrogens with zero attached hydrogens (tertiary/aromatic N) is 2. The van der Waals surface area contributed by atoms with Crippen LogP contribution in [0.15, 0.2) is 29.1 Å². The van der Waals surface area contributed by atoms with Crippen LogP contribution in [0.1, 0.15) is 11.3 Å². The highest BCUT2D eigenvalue weighted by atomic mass is 19.4. The van der Waals surface area contributed by atoms with Crippen molar-refractivity contribution in [2.24, 2.45) is 0 Å². The van der Waals surface area contributed by atoms with E-state index >= 15 is 0 Å². The third-order valence-corrected chi connectivity index (χ3v) is 3.04. The molecule has 1 heterocycles. The van der Waals surface area contributed by atoms with Gasteiger partial charge in [-0.25, -0.2) is 4.68 Å². The fourth-order valence-corrected chi connectivity index (χ4v) is 2.06. The van der Waals surface area contributed by atoms with Crippen LogP contribution in [-0.4, -0.2) is 21.1 Å². The van der Waals surface area contributed by atoms with Gasteiger partial charge in [-0.1, -0.05) is 24.3 Å². The molecule has 0 saturated carbocycles. The SMILES string of the molecule is Cc1ccccc1-c1c(O)c(C)nn(CC(F)(F)F)c1=O. The summed E-state index contributed by atoms with van der Waals surface area (Å²) in [6.45, 7) is 1.56. The highest BCUT2D eigenvalue weighted by Crippen LogP contribution is 2.30. The van der Waals surface area contributed by atoms with Crippen LogP contribution in [0.3, 0.4) is 0 Å². The molecule has 7 heteroatoms. The van der Waals surface area contributed by atoms with Crippen molar-refractivity contribution in [2.75, 3.05) is 0 Å². The van der Waals surface area contributed by atoms with Crippen LogP contribution in [0.4, 0.5) is 13.2 Å². The molecular weight excluding hydrogens is 285 g/mol. The van der Waals surface area contributed by atoms with E-state index in [1.54, 1.807) is 31.2 Å². The molecule has 0 aliphatic carbocycles. The second kappa shape index (κ2) is 5.23.